The lowest BCUT2D eigenvalue weighted by atomic mass is 9.92. The fraction of sp³-hybridized carbons (Fsp3) is 0.524. The number of thioether (sulfide) groups is 2. The molecule has 0 spiro atoms. The highest BCUT2D eigenvalue weighted by Gasteiger charge is 2.56. The van der Waals surface area contributed by atoms with E-state index >= 15 is 0 Å². The molecule has 3 rings (SSSR count). The number of carbonyl (C=O) groups is 2. The van der Waals surface area contributed by atoms with E-state index in [0.29, 0.717) is 4.24 Å². The molecular weight excluding hydrogens is 408 g/mol. The zero-order valence-corrected chi connectivity index (χ0v) is 18.9. The molecular formula is C21H28N2O4S2. The number of β-lactam (4-membered cyclic amide) rings is 1. The minimum absolute atomic E-state index is 0.0712. The zero-order chi connectivity index (χ0) is 21.3. The van der Waals surface area contributed by atoms with E-state index in [4.69, 9.17) is 0 Å². The van der Waals surface area contributed by atoms with Gasteiger partial charge in [-0.15, -0.1) is 0 Å². The van der Waals surface area contributed by atoms with Crippen molar-refractivity contribution in [3.8, 4) is 0 Å². The normalized spacial score (nSPS) is 22.5. The van der Waals surface area contributed by atoms with E-state index in [2.05, 4.69) is 32.9 Å². The standard InChI is InChI=1S/C21H28N2O4S2/c1-5-23(6-2,7-3)12-14-9-8-10-15(11-14)28-21-17(20(26)27)22-18(25)16(13(4)24)19(22)29-21/h8-11,13,16,19,24H,5-7,12H2,1-4H3/t13-,16+,19-/m1/s1. The Morgan fingerprint density at radius 2 is 1.97 bits per heavy atom. The van der Waals surface area contributed by atoms with Crippen LogP contribution in [0, 0.1) is 5.92 Å². The topological polar surface area (TPSA) is 80.7 Å². The number of aliphatic hydroxyl groups is 1. The fourth-order valence-electron chi connectivity index (χ4n) is 4.02. The number of quaternary nitrogens is 1. The Balaban J connectivity index is 1.83. The van der Waals surface area contributed by atoms with Gasteiger partial charge in [-0.2, -0.15) is 0 Å². The molecule has 2 heterocycles. The summed E-state index contributed by atoms with van der Waals surface area (Å²) in [6.07, 6.45) is -0.810. The molecule has 8 heteroatoms. The smallest absolute Gasteiger partial charge is 0.236 e. The molecule has 1 aromatic rings. The molecule has 0 unspecified atom stereocenters. The van der Waals surface area contributed by atoms with Gasteiger partial charge in [0.25, 0.3) is 0 Å². The molecule has 158 valence electrons. The molecule has 0 aliphatic carbocycles. The highest BCUT2D eigenvalue weighted by molar-refractivity contribution is 8.22. The van der Waals surface area contributed by atoms with Gasteiger partial charge in [-0.05, 0) is 39.8 Å². The summed E-state index contributed by atoms with van der Waals surface area (Å²) in [6.45, 7) is 12.3. The molecule has 2 aliphatic heterocycles. The summed E-state index contributed by atoms with van der Waals surface area (Å²) >= 11 is 2.68. The largest absolute Gasteiger partial charge is 0.543 e. The minimum Gasteiger partial charge on any atom is -0.543 e. The van der Waals surface area contributed by atoms with Crippen LogP contribution in [0.4, 0.5) is 0 Å². The maximum atomic E-state index is 12.3. The summed E-state index contributed by atoms with van der Waals surface area (Å²) in [5.74, 6) is -2.28. The number of fused-ring (bicyclic) bond motifs is 1. The van der Waals surface area contributed by atoms with Crippen molar-refractivity contribution < 1.29 is 24.3 Å². The Labute approximate surface area is 180 Å². The van der Waals surface area contributed by atoms with E-state index in [1.807, 2.05) is 12.1 Å². The van der Waals surface area contributed by atoms with Crippen LogP contribution in [0.15, 0.2) is 39.1 Å². The first-order chi connectivity index (χ1) is 13.8. The number of carbonyl (C=O) groups excluding carboxylic acids is 2. The van der Waals surface area contributed by atoms with E-state index in [9.17, 15) is 19.8 Å². The van der Waals surface area contributed by atoms with E-state index in [0.717, 1.165) is 35.6 Å². The second-order valence-corrected chi connectivity index (χ2v) is 10.1. The van der Waals surface area contributed by atoms with Crippen LogP contribution in [0.3, 0.4) is 0 Å². The van der Waals surface area contributed by atoms with Crippen molar-refractivity contribution in [2.75, 3.05) is 19.6 Å². The van der Waals surface area contributed by atoms with Gasteiger partial charge in [-0.1, -0.05) is 35.7 Å². The van der Waals surface area contributed by atoms with Gasteiger partial charge in [0.15, 0.2) is 0 Å². The molecule has 0 bridgehead atoms. The molecule has 3 atom stereocenters. The Morgan fingerprint density at radius 3 is 2.52 bits per heavy atom. The van der Waals surface area contributed by atoms with Crippen molar-refractivity contribution in [3.05, 3.63) is 39.8 Å². The lowest BCUT2D eigenvalue weighted by Gasteiger charge is -2.44. The van der Waals surface area contributed by atoms with Gasteiger partial charge in [0.1, 0.15) is 11.9 Å². The van der Waals surface area contributed by atoms with Crippen LogP contribution in [0.25, 0.3) is 0 Å². The Kier molecular flexibility index (Phi) is 6.67. The van der Waals surface area contributed by atoms with Crippen molar-refractivity contribution in [2.45, 2.75) is 50.6 Å². The number of carboxylic acid groups (broad SMARTS) is 1. The molecule has 1 N–H and O–H groups in total. The summed E-state index contributed by atoms with van der Waals surface area (Å²) in [7, 11) is 0. The van der Waals surface area contributed by atoms with Gasteiger partial charge >= 0.3 is 0 Å². The predicted molar refractivity (Wildman–Crippen MR) is 113 cm³/mol. The van der Waals surface area contributed by atoms with Crippen LogP contribution in [-0.4, -0.2) is 57.5 Å². The molecule has 1 amide bonds. The summed E-state index contributed by atoms with van der Waals surface area (Å²) < 4.78 is 1.54. The number of amides is 1. The average molecular weight is 437 g/mol. The predicted octanol–water partition coefficient (Wildman–Crippen LogP) is 1.99. The molecule has 1 aromatic carbocycles. The van der Waals surface area contributed by atoms with E-state index in [-0.39, 0.29) is 17.0 Å². The first kappa shape index (κ1) is 22.2. The van der Waals surface area contributed by atoms with Crippen LogP contribution >= 0.6 is 23.5 Å². The molecule has 1 saturated heterocycles. The van der Waals surface area contributed by atoms with Crippen LogP contribution in [0.2, 0.25) is 0 Å². The molecule has 6 nitrogen and oxygen atoms in total. The number of benzene rings is 1. The highest BCUT2D eigenvalue weighted by Crippen LogP contribution is 2.54. The first-order valence-electron chi connectivity index (χ1n) is 10.0. The minimum atomic E-state index is -1.35. The highest BCUT2D eigenvalue weighted by atomic mass is 32.2. The summed E-state index contributed by atoms with van der Waals surface area (Å²) in [5.41, 5.74) is 1.14. The monoisotopic (exact) mass is 436 g/mol. The molecule has 29 heavy (non-hydrogen) atoms. The average Bonchev–Trinajstić information content (AvgIpc) is 3.00. The number of hydrogen-bond acceptors (Lipinski definition) is 6. The lowest BCUT2D eigenvalue weighted by molar-refractivity contribution is -0.936. The SMILES string of the molecule is CC[N+](CC)(CC)Cc1cccc(SC2=C(C(=O)[O-])N3C(=O)[C@H]([C@@H](C)O)[C@H]3S2)c1. The van der Waals surface area contributed by atoms with Crippen molar-refractivity contribution >= 4 is 35.4 Å². The van der Waals surface area contributed by atoms with Crippen molar-refractivity contribution in [2.24, 2.45) is 5.92 Å². The molecule has 0 aromatic heterocycles. The second-order valence-electron chi connectivity index (χ2n) is 7.60. The van der Waals surface area contributed by atoms with E-state index in [1.54, 1.807) is 6.92 Å². The van der Waals surface area contributed by atoms with E-state index < -0.39 is 18.0 Å². The third kappa shape index (κ3) is 4.08. The number of aliphatic carboxylic acids is 1. The zero-order valence-electron chi connectivity index (χ0n) is 17.3. The molecule has 1 fully saturated rings. The maximum absolute atomic E-state index is 12.3. The number of carboxylic acids is 1. The van der Waals surface area contributed by atoms with Gasteiger partial charge in [0.05, 0.1) is 47.6 Å². The summed E-state index contributed by atoms with van der Waals surface area (Å²) in [4.78, 5) is 26.3. The van der Waals surface area contributed by atoms with Crippen LogP contribution < -0.4 is 5.11 Å². The third-order valence-corrected chi connectivity index (χ3v) is 8.66. The van der Waals surface area contributed by atoms with Crippen molar-refractivity contribution in [1.29, 1.82) is 0 Å². The number of aliphatic hydroxyl groups excluding tert-OH is 1. The summed E-state index contributed by atoms with van der Waals surface area (Å²) in [6, 6.07) is 8.15. The van der Waals surface area contributed by atoms with Gasteiger partial charge in [-0.3, -0.25) is 9.69 Å². The van der Waals surface area contributed by atoms with Gasteiger partial charge in [0.2, 0.25) is 5.91 Å². The Morgan fingerprint density at radius 1 is 1.31 bits per heavy atom. The quantitative estimate of drug-likeness (QED) is 0.471. The Hall–Kier alpha value is -1.48. The fourth-order valence-corrected chi connectivity index (χ4v) is 6.96. The third-order valence-electron chi connectivity index (χ3n) is 6.10. The van der Waals surface area contributed by atoms with Crippen molar-refractivity contribution in [3.63, 3.8) is 0 Å². The number of rotatable bonds is 9. The number of nitrogens with zero attached hydrogens (tertiary/aromatic N) is 2. The van der Waals surface area contributed by atoms with Crippen LogP contribution in [0.1, 0.15) is 33.3 Å². The second kappa shape index (κ2) is 8.71. The Bertz CT molecular complexity index is 827. The van der Waals surface area contributed by atoms with Gasteiger partial charge < -0.3 is 19.5 Å². The molecule has 0 saturated carbocycles. The van der Waals surface area contributed by atoms with Crippen molar-refractivity contribution in [1.82, 2.24) is 4.90 Å². The maximum Gasteiger partial charge on any atom is 0.236 e. The number of hydrogen-bond donors (Lipinski definition) is 1. The van der Waals surface area contributed by atoms with Crippen LogP contribution in [0.5, 0.6) is 0 Å². The lowest BCUT2D eigenvalue weighted by Crippen LogP contribution is -2.61. The van der Waals surface area contributed by atoms with Gasteiger partial charge in [-0.25, -0.2) is 0 Å². The summed E-state index contributed by atoms with van der Waals surface area (Å²) in [5, 5.41) is 21.2. The van der Waals surface area contributed by atoms with Gasteiger partial charge in [0, 0.05) is 10.5 Å². The molecule has 2 aliphatic rings. The first-order valence-corrected chi connectivity index (χ1v) is 11.7. The van der Waals surface area contributed by atoms with Crippen LogP contribution in [-0.2, 0) is 16.1 Å². The molecule has 0 radical (unpaired) electrons. The van der Waals surface area contributed by atoms with E-state index in [1.165, 1.54) is 34.0 Å².